The Balaban J connectivity index is 1.79. The van der Waals surface area contributed by atoms with Crippen LogP contribution in [0.3, 0.4) is 0 Å². The minimum atomic E-state index is 0.141. The highest BCUT2D eigenvalue weighted by Crippen LogP contribution is 2.16. The van der Waals surface area contributed by atoms with Crippen LogP contribution in [0.2, 0.25) is 0 Å². The molecule has 1 aliphatic rings. The number of nitrogens with one attached hydrogen (secondary N) is 1. The molecule has 2 rings (SSSR count). The summed E-state index contributed by atoms with van der Waals surface area (Å²) < 4.78 is 0.976. The van der Waals surface area contributed by atoms with Gasteiger partial charge in [-0.05, 0) is 41.0 Å². The Hall–Kier alpha value is -0.940. The van der Waals surface area contributed by atoms with Crippen LogP contribution in [-0.4, -0.2) is 29.9 Å². The molecule has 1 aliphatic heterocycles. The fraction of sp³-hybridized carbons (Fsp3) is 0.538. The van der Waals surface area contributed by atoms with Crippen LogP contribution < -0.4 is 5.32 Å². The van der Waals surface area contributed by atoms with Gasteiger partial charge in [0.15, 0.2) is 0 Å². The molecule has 1 aromatic heterocycles. The van der Waals surface area contributed by atoms with Gasteiger partial charge in [-0.1, -0.05) is 18.5 Å². The Labute approximate surface area is 116 Å². The van der Waals surface area contributed by atoms with Crippen LogP contribution in [0.15, 0.2) is 28.0 Å². The lowest BCUT2D eigenvalue weighted by atomic mass is 10.1. The highest BCUT2D eigenvalue weighted by atomic mass is 79.9. The maximum atomic E-state index is 5.40. The van der Waals surface area contributed by atoms with E-state index in [2.05, 4.69) is 38.3 Å². The molecule has 0 spiro atoms. The van der Waals surface area contributed by atoms with Gasteiger partial charge >= 0.3 is 0 Å². The number of hydrogen-bond acceptors (Lipinski definition) is 4. The van der Waals surface area contributed by atoms with E-state index >= 15 is 0 Å². The summed E-state index contributed by atoms with van der Waals surface area (Å²) >= 11 is 3.37. The minimum absolute atomic E-state index is 0.141. The standard InChI is InChI=1S/C13H18BrN3O/c1-2-3-6-15-9-11-7-13(17-18-11)12-5-4-10(14)8-16-12/h4-5,8,11,15H,2-3,6-7,9H2,1H3. The van der Waals surface area contributed by atoms with Crippen molar-refractivity contribution in [1.29, 1.82) is 0 Å². The molecule has 1 unspecified atom stereocenters. The van der Waals surface area contributed by atoms with E-state index in [-0.39, 0.29) is 6.10 Å². The number of hydrogen-bond donors (Lipinski definition) is 1. The van der Waals surface area contributed by atoms with Crippen LogP contribution in [0.25, 0.3) is 0 Å². The van der Waals surface area contributed by atoms with E-state index in [4.69, 9.17) is 4.84 Å². The highest BCUT2D eigenvalue weighted by molar-refractivity contribution is 9.10. The first-order valence-electron chi connectivity index (χ1n) is 6.35. The quantitative estimate of drug-likeness (QED) is 0.822. The van der Waals surface area contributed by atoms with Crippen molar-refractivity contribution >= 4 is 21.6 Å². The molecular weight excluding hydrogens is 294 g/mol. The predicted octanol–water partition coefficient (Wildman–Crippen LogP) is 2.73. The highest BCUT2D eigenvalue weighted by Gasteiger charge is 2.22. The second-order valence-corrected chi connectivity index (χ2v) is 5.30. The molecule has 18 heavy (non-hydrogen) atoms. The first-order chi connectivity index (χ1) is 8.79. The largest absolute Gasteiger partial charge is 0.390 e. The van der Waals surface area contributed by atoms with Gasteiger partial charge in [-0.3, -0.25) is 4.98 Å². The molecule has 0 fully saturated rings. The van der Waals surface area contributed by atoms with Crippen molar-refractivity contribution in [3.63, 3.8) is 0 Å². The van der Waals surface area contributed by atoms with Crippen LogP contribution >= 0.6 is 15.9 Å². The van der Waals surface area contributed by atoms with Gasteiger partial charge in [0, 0.05) is 23.6 Å². The maximum Gasteiger partial charge on any atom is 0.145 e. The summed E-state index contributed by atoms with van der Waals surface area (Å²) in [6, 6.07) is 3.93. The van der Waals surface area contributed by atoms with Crippen LogP contribution in [0.5, 0.6) is 0 Å². The summed E-state index contributed by atoms with van der Waals surface area (Å²) in [6.07, 6.45) is 5.17. The maximum absolute atomic E-state index is 5.40. The smallest absolute Gasteiger partial charge is 0.145 e. The normalized spacial score (nSPS) is 18.6. The number of pyridine rings is 1. The third-order valence-electron chi connectivity index (χ3n) is 2.84. The Morgan fingerprint density at radius 3 is 3.11 bits per heavy atom. The zero-order valence-corrected chi connectivity index (χ0v) is 12.1. The summed E-state index contributed by atoms with van der Waals surface area (Å²) in [6.45, 7) is 4.08. The molecule has 0 bridgehead atoms. The number of unbranched alkanes of at least 4 members (excludes halogenated alkanes) is 1. The monoisotopic (exact) mass is 311 g/mol. The summed E-state index contributed by atoms with van der Waals surface area (Å²) in [4.78, 5) is 9.73. The molecule has 0 saturated heterocycles. The average molecular weight is 312 g/mol. The lowest BCUT2D eigenvalue weighted by Crippen LogP contribution is -2.27. The molecule has 1 atom stereocenters. The van der Waals surface area contributed by atoms with E-state index in [9.17, 15) is 0 Å². The fourth-order valence-corrected chi connectivity index (χ4v) is 2.04. The van der Waals surface area contributed by atoms with Gasteiger partial charge in [-0.15, -0.1) is 0 Å². The van der Waals surface area contributed by atoms with Crippen LogP contribution in [-0.2, 0) is 4.84 Å². The van der Waals surface area contributed by atoms with Crippen LogP contribution in [0.1, 0.15) is 31.9 Å². The molecule has 5 heteroatoms. The second kappa shape index (κ2) is 6.85. The van der Waals surface area contributed by atoms with Crippen molar-refractivity contribution in [3.05, 3.63) is 28.5 Å². The van der Waals surface area contributed by atoms with Gasteiger partial charge in [-0.2, -0.15) is 0 Å². The van der Waals surface area contributed by atoms with Gasteiger partial charge in [0.05, 0.1) is 5.69 Å². The zero-order chi connectivity index (χ0) is 12.8. The van der Waals surface area contributed by atoms with E-state index in [0.717, 1.165) is 35.4 Å². The van der Waals surface area contributed by atoms with E-state index in [1.165, 1.54) is 12.8 Å². The third kappa shape index (κ3) is 3.78. The molecule has 98 valence electrons. The molecule has 0 aliphatic carbocycles. The minimum Gasteiger partial charge on any atom is -0.390 e. The lowest BCUT2D eigenvalue weighted by molar-refractivity contribution is 0.0851. The van der Waals surface area contributed by atoms with Gasteiger partial charge in [-0.25, -0.2) is 0 Å². The predicted molar refractivity (Wildman–Crippen MR) is 75.7 cm³/mol. The molecule has 2 heterocycles. The van der Waals surface area contributed by atoms with Crippen molar-refractivity contribution < 1.29 is 4.84 Å². The number of nitrogens with zero attached hydrogens (tertiary/aromatic N) is 2. The number of aromatic nitrogens is 1. The van der Waals surface area contributed by atoms with Crippen molar-refractivity contribution in [3.8, 4) is 0 Å². The summed E-state index contributed by atoms with van der Waals surface area (Å²) in [5.74, 6) is 0. The van der Waals surface area contributed by atoms with E-state index in [0.29, 0.717) is 0 Å². The Morgan fingerprint density at radius 1 is 1.50 bits per heavy atom. The molecule has 1 N–H and O–H groups in total. The number of oxime groups is 1. The van der Waals surface area contributed by atoms with Gasteiger partial charge in [0.1, 0.15) is 11.8 Å². The van der Waals surface area contributed by atoms with E-state index < -0.39 is 0 Å². The first-order valence-corrected chi connectivity index (χ1v) is 7.14. The third-order valence-corrected chi connectivity index (χ3v) is 3.30. The van der Waals surface area contributed by atoms with Gasteiger partial charge in [0.25, 0.3) is 0 Å². The Bertz CT molecular complexity index is 405. The SMILES string of the molecule is CCCCNCC1CC(c2ccc(Br)cn2)=NO1. The Morgan fingerprint density at radius 2 is 2.39 bits per heavy atom. The zero-order valence-electron chi connectivity index (χ0n) is 10.5. The van der Waals surface area contributed by atoms with Crippen molar-refractivity contribution in [2.75, 3.05) is 13.1 Å². The molecule has 4 nitrogen and oxygen atoms in total. The molecule has 0 amide bonds. The second-order valence-electron chi connectivity index (χ2n) is 4.39. The first kappa shape index (κ1) is 13.5. The molecule has 0 aromatic carbocycles. The van der Waals surface area contributed by atoms with Crippen LogP contribution in [0, 0.1) is 0 Å². The van der Waals surface area contributed by atoms with Crippen molar-refractivity contribution in [2.45, 2.75) is 32.3 Å². The summed E-state index contributed by atoms with van der Waals surface area (Å²) in [7, 11) is 0. The summed E-state index contributed by atoms with van der Waals surface area (Å²) in [5, 5.41) is 7.50. The number of rotatable bonds is 6. The molecular formula is C13H18BrN3O. The molecule has 1 aromatic rings. The molecule has 0 radical (unpaired) electrons. The lowest BCUT2D eigenvalue weighted by Gasteiger charge is -2.08. The van der Waals surface area contributed by atoms with Crippen molar-refractivity contribution in [2.24, 2.45) is 5.16 Å². The van der Waals surface area contributed by atoms with Gasteiger partial charge in [0.2, 0.25) is 0 Å². The van der Waals surface area contributed by atoms with Gasteiger partial charge < -0.3 is 10.2 Å². The molecule has 0 saturated carbocycles. The van der Waals surface area contributed by atoms with E-state index in [1.54, 1.807) is 6.20 Å². The average Bonchev–Trinajstić information content (AvgIpc) is 2.84. The summed E-state index contributed by atoms with van der Waals surface area (Å²) in [5.41, 5.74) is 1.83. The van der Waals surface area contributed by atoms with Crippen molar-refractivity contribution in [1.82, 2.24) is 10.3 Å². The topological polar surface area (TPSA) is 46.5 Å². The fourth-order valence-electron chi connectivity index (χ4n) is 1.80. The van der Waals surface area contributed by atoms with E-state index in [1.807, 2.05) is 12.1 Å². The number of halogens is 1. The Kier molecular flexibility index (Phi) is 5.13. The van der Waals surface area contributed by atoms with Crippen LogP contribution in [0.4, 0.5) is 0 Å².